The highest BCUT2D eigenvalue weighted by Crippen LogP contribution is 2.51. The van der Waals surface area contributed by atoms with E-state index in [2.05, 4.69) is 158 Å². The van der Waals surface area contributed by atoms with Crippen molar-refractivity contribution in [3.05, 3.63) is 151 Å². The van der Waals surface area contributed by atoms with Crippen LogP contribution in [0.15, 0.2) is 140 Å². The molecule has 1 nitrogen and oxygen atoms in total. The van der Waals surface area contributed by atoms with Gasteiger partial charge < -0.3 is 4.57 Å². The summed E-state index contributed by atoms with van der Waals surface area (Å²) in [4.78, 5) is 0. The van der Waals surface area contributed by atoms with E-state index in [9.17, 15) is 0 Å². The first-order valence-electron chi connectivity index (χ1n) is 16.6. The van der Waals surface area contributed by atoms with Crippen molar-refractivity contribution in [1.29, 1.82) is 0 Å². The molecule has 11 rings (SSSR count). The first-order chi connectivity index (χ1) is 23.6. The van der Waals surface area contributed by atoms with E-state index in [0.29, 0.717) is 0 Å². The van der Waals surface area contributed by atoms with E-state index < -0.39 is 0 Å². The Labute approximate surface area is 285 Å². The summed E-state index contributed by atoms with van der Waals surface area (Å²) in [5.74, 6) is 0. The van der Waals surface area contributed by atoms with Crippen LogP contribution in [0.2, 0.25) is 0 Å². The first-order valence-corrected chi connectivity index (χ1v) is 18.2. The predicted molar refractivity (Wildman–Crippen MR) is 210 cm³/mol. The number of aromatic nitrogens is 1. The van der Waals surface area contributed by atoms with E-state index in [0.717, 1.165) is 0 Å². The summed E-state index contributed by atoms with van der Waals surface area (Å²) in [6.45, 7) is 4.74. The fourth-order valence-corrected chi connectivity index (χ4v) is 10.9. The Balaban J connectivity index is 1.16. The van der Waals surface area contributed by atoms with E-state index >= 15 is 0 Å². The van der Waals surface area contributed by atoms with Crippen LogP contribution in [-0.2, 0) is 5.41 Å². The van der Waals surface area contributed by atoms with Gasteiger partial charge in [-0.15, -0.1) is 22.7 Å². The van der Waals surface area contributed by atoms with Crippen molar-refractivity contribution in [2.45, 2.75) is 19.3 Å². The number of rotatable bonds is 2. The minimum Gasteiger partial charge on any atom is -0.309 e. The summed E-state index contributed by atoms with van der Waals surface area (Å²) < 4.78 is 7.86. The number of nitrogens with zero attached hydrogens (tertiary/aromatic N) is 1. The molecule has 1 aliphatic carbocycles. The van der Waals surface area contributed by atoms with Gasteiger partial charge in [-0.2, -0.15) is 0 Å². The van der Waals surface area contributed by atoms with Crippen molar-refractivity contribution in [3.63, 3.8) is 0 Å². The monoisotopic (exact) mass is 647 g/mol. The van der Waals surface area contributed by atoms with Crippen LogP contribution in [0.3, 0.4) is 0 Å². The Morgan fingerprint density at radius 1 is 0.438 bits per heavy atom. The predicted octanol–water partition coefficient (Wildman–Crippen LogP) is 13.5. The summed E-state index contributed by atoms with van der Waals surface area (Å²) in [6.07, 6.45) is 0. The Morgan fingerprint density at radius 2 is 1.15 bits per heavy atom. The zero-order chi connectivity index (χ0) is 31.7. The SMILES string of the molecule is CC1(C)c2ccccc2-c2cc3c4ccccc4n(-c4ccc5sc6c(-c7cccc8sc9ccccc9c78)cccc6c5c4)c3cc21. The second-order valence-electron chi connectivity index (χ2n) is 13.7. The highest BCUT2D eigenvalue weighted by atomic mass is 32.1. The van der Waals surface area contributed by atoms with Gasteiger partial charge in [0.2, 0.25) is 0 Å². The van der Waals surface area contributed by atoms with E-state index in [1.54, 1.807) is 0 Å². The van der Waals surface area contributed by atoms with Crippen LogP contribution in [0.1, 0.15) is 25.0 Å². The minimum atomic E-state index is -0.0536. The average molecular weight is 648 g/mol. The third kappa shape index (κ3) is 3.45. The van der Waals surface area contributed by atoms with Gasteiger partial charge in [0.15, 0.2) is 0 Å². The lowest BCUT2D eigenvalue weighted by Gasteiger charge is -2.21. The molecule has 0 aliphatic heterocycles. The summed E-state index contributed by atoms with van der Waals surface area (Å²) in [5, 5.41) is 7.96. The Morgan fingerprint density at radius 3 is 2.08 bits per heavy atom. The van der Waals surface area contributed by atoms with Crippen molar-refractivity contribution < 1.29 is 0 Å². The maximum atomic E-state index is 2.50. The van der Waals surface area contributed by atoms with Gasteiger partial charge >= 0.3 is 0 Å². The van der Waals surface area contributed by atoms with Gasteiger partial charge in [0.05, 0.1) is 11.0 Å². The lowest BCUT2D eigenvalue weighted by atomic mass is 9.82. The quantitative estimate of drug-likeness (QED) is 0.176. The van der Waals surface area contributed by atoms with Gasteiger partial charge in [-0.1, -0.05) is 105 Å². The molecule has 7 aromatic carbocycles. The molecule has 0 spiro atoms. The first kappa shape index (κ1) is 26.8. The van der Waals surface area contributed by atoms with Crippen LogP contribution in [0.5, 0.6) is 0 Å². The average Bonchev–Trinajstić information content (AvgIpc) is 3.84. The zero-order valence-corrected chi connectivity index (χ0v) is 28.2. The molecule has 0 bridgehead atoms. The molecule has 48 heavy (non-hydrogen) atoms. The third-order valence-corrected chi connectivity index (χ3v) is 13.2. The van der Waals surface area contributed by atoms with Crippen molar-refractivity contribution in [2.24, 2.45) is 0 Å². The van der Waals surface area contributed by atoms with Crippen LogP contribution >= 0.6 is 22.7 Å². The second kappa shape index (κ2) is 9.44. The highest BCUT2D eigenvalue weighted by molar-refractivity contribution is 7.26. The largest absolute Gasteiger partial charge is 0.309 e. The molecule has 0 amide bonds. The smallest absolute Gasteiger partial charge is 0.0544 e. The molecule has 3 heterocycles. The van der Waals surface area contributed by atoms with Crippen molar-refractivity contribution in [3.8, 4) is 27.9 Å². The Kier molecular flexibility index (Phi) is 5.27. The van der Waals surface area contributed by atoms with E-state index in [-0.39, 0.29) is 5.41 Å². The van der Waals surface area contributed by atoms with Gasteiger partial charge in [0, 0.05) is 67.8 Å². The molecular weight excluding hydrogens is 619 g/mol. The third-order valence-electron chi connectivity index (χ3n) is 10.8. The zero-order valence-electron chi connectivity index (χ0n) is 26.5. The summed E-state index contributed by atoms with van der Waals surface area (Å²) in [7, 11) is 0. The summed E-state index contributed by atoms with van der Waals surface area (Å²) in [6, 6.07) is 52.4. The number of hydrogen-bond donors (Lipinski definition) is 0. The van der Waals surface area contributed by atoms with Crippen LogP contribution in [0.4, 0.5) is 0 Å². The molecular formula is C45H29NS2. The van der Waals surface area contributed by atoms with Gasteiger partial charge in [0.1, 0.15) is 0 Å². The van der Waals surface area contributed by atoms with Crippen LogP contribution in [-0.4, -0.2) is 4.57 Å². The fourth-order valence-electron chi connectivity index (χ4n) is 8.58. The molecule has 226 valence electrons. The Bertz CT molecular complexity index is 2980. The van der Waals surface area contributed by atoms with Gasteiger partial charge in [-0.05, 0) is 76.3 Å². The maximum absolute atomic E-state index is 2.50. The molecule has 10 aromatic rings. The molecule has 0 saturated carbocycles. The van der Waals surface area contributed by atoms with Gasteiger partial charge in [0.25, 0.3) is 0 Å². The fraction of sp³-hybridized carbons (Fsp3) is 0.0667. The van der Waals surface area contributed by atoms with Crippen molar-refractivity contribution in [2.75, 3.05) is 0 Å². The molecule has 0 fully saturated rings. The Hall–Kier alpha value is -5.22. The molecule has 0 unspecified atom stereocenters. The summed E-state index contributed by atoms with van der Waals surface area (Å²) >= 11 is 3.80. The molecule has 3 aromatic heterocycles. The van der Waals surface area contributed by atoms with Gasteiger partial charge in [-0.25, -0.2) is 0 Å². The minimum absolute atomic E-state index is 0.0536. The topological polar surface area (TPSA) is 4.93 Å². The van der Waals surface area contributed by atoms with E-state index in [1.165, 1.54) is 101 Å². The molecule has 0 saturated heterocycles. The molecule has 0 radical (unpaired) electrons. The van der Waals surface area contributed by atoms with Crippen LogP contribution < -0.4 is 0 Å². The number of fused-ring (bicyclic) bond motifs is 12. The van der Waals surface area contributed by atoms with Crippen molar-refractivity contribution >= 4 is 84.8 Å². The summed E-state index contributed by atoms with van der Waals surface area (Å²) in [5.41, 5.74) is 11.9. The molecule has 0 N–H and O–H groups in total. The van der Waals surface area contributed by atoms with Crippen LogP contribution in [0.25, 0.3) is 90.1 Å². The number of thiophene rings is 2. The lowest BCUT2D eigenvalue weighted by Crippen LogP contribution is -2.14. The van der Waals surface area contributed by atoms with E-state index in [1.807, 2.05) is 22.7 Å². The van der Waals surface area contributed by atoms with Gasteiger partial charge in [-0.3, -0.25) is 0 Å². The lowest BCUT2D eigenvalue weighted by molar-refractivity contribution is 0.661. The van der Waals surface area contributed by atoms with Crippen LogP contribution in [0, 0.1) is 0 Å². The molecule has 3 heteroatoms. The molecule has 1 aliphatic rings. The standard InChI is InChI=1S/C45H29NS2/c1-45(2)36-17-6-3-11-27(36)33-24-34-28-12-4-7-18-38(28)46(39(34)25-37(33)45)26-21-22-41-35(23-26)31-16-9-15-30(44(31)48-41)29-14-10-20-42-43(29)32-13-5-8-19-40(32)47-42/h3-25H,1-2H3. The van der Waals surface area contributed by atoms with Crippen molar-refractivity contribution in [1.82, 2.24) is 4.57 Å². The second-order valence-corrected chi connectivity index (χ2v) is 15.8. The highest BCUT2D eigenvalue weighted by Gasteiger charge is 2.36. The molecule has 0 atom stereocenters. The number of benzene rings is 7. The number of para-hydroxylation sites is 1. The maximum Gasteiger partial charge on any atom is 0.0544 e. The van der Waals surface area contributed by atoms with E-state index in [4.69, 9.17) is 0 Å². The normalized spacial score (nSPS) is 13.8. The number of hydrogen-bond acceptors (Lipinski definition) is 2.